The molecule has 102 valence electrons. The van der Waals surface area contributed by atoms with Crippen LogP contribution in [0.25, 0.3) is 0 Å². The molecule has 0 radical (unpaired) electrons. The Morgan fingerprint density at radius 3 is 2.74 bits per heavy atom. The fourth-order valence-electron chi connectivity index (χ4n) is 1.46. The third-order valence-electron chi connectivity index (χ3n) is 2.54. The molecule has 2 heterocycles. The summed E-state index contributed by atoms with van der Waals surface area (Å²) in [6, 6.07) is 0. The lowest BCUT2D eigenvalue weighted by atomic mass is 10.1. The van der Waals surface area contributed by atoms with Gasteiger partial charge in [-0.05, 0) is 20.8 Å². The molecule has 2 rings (SSSR count). The largest absolute Gasteiger partial charge is 0.337 e. The Kier molecular flexibility index (Phi) is 3.11. The minimum Gasteiger partial charge on any atom is -0.337 e. The lowest BCUT2D eigenvalue weighted by Crippen LogP contribution is -2.31. The molecule has 2 aromatic rings. The highest BCUT2D eigenvalue weighted by atomic mass is 16.5. The van der Waals surface area contributed by atoms with Gasteiger partial charge < -0.3 is 10.3 Å². The fraction of sp³-hybridized carbons (Fsp3) is 0.455. The number of aryl methyl sites for hydroxylation is 1. The number of nitrogens with one attached hydrogen (secondary N) is 1. The number of aromatic nitrogens is 4. The van der Waals surface area contributed by atoms with Crippen molar-refractivity contribution in [2.75, 3.05) is 0 Å². The van der Waals surface area contributed by atoms with E-state index in [1.807, 2.05) is 0 Å². The molecular formula is C11H15N5O3. The Labute approximate surface area is 108 Å². The lowest BCUT2D eigenvalue weighted by molar-refractivity contribution is 0.353. The van der Waals surface area contributed by atoms with Crippen molar-refractivity contribution < 1.29 is 4.52 Å². The number of nitrogens with two attached hydrogens (primary N) is 1. The molecule has 3 N–H and O–H groups in total. The molecule has 0 saturated carbocycles. The van der Waals surface area contributed by atoms with E-state index in [1.165, 1.54) is 10.8 Å². The first-order valence-corrected chi connectivity index (χ1v) is 5.69. The van der Waals surface area contributed by atoms with Gasteiger partial charge in [-0.1, -0.05) is 5.16 Å². The van der Waals surface area contributed by atoms with E-state index in [1.54, 1.807) is 20.8 Å². The number of hydrogen-bond donors (Lipinski definition) is 2. The van der Waals surface area contributed by atoms with Gasteiger partial charge in [0, 0.05) is 11.8 Å². The van der Waals surface area contributed by atoms with Crippen molar-refractivity contribution >= 4 is 0 Å². The van der Waals surface area contributed by atoms with Gasteiger partial charge in [0.15, 0.2) is 5.82 Å². The minimum absolute atomic E-state index is 0.0829. The zero-order chi connectivity index (χ0) is 14.2. The van der Waals surface area contributed by atoms with E-state index in [2.05, 4.69) is 15.1 Å². The average molecular weight is 265 g/mol. The van der Waals surface area contributed by atoms with E-state index in [0.29, 0.717) is 11.4 Å². The molecule has 0 spiro atoms. The first-order chi connectivity index (χ1) is 8.77. The molecule has 0 amide bonds. The Morgan fingerprint density at radius 2 is 2.16 bits per heavy atom. The van der Waals surface area contributed by atoms with Crippen molar-refractivity contribution in [2.24, 2.45) is 5.73 Å². The van der Waals surface area contributed by atoms with Crippen molar-refractivity contribution in [1.82, 2.24) is 19.7 Å². The molecule has 19 heavy (non-hydrogen) atoms. The number of H-pyrrole nitrogens is 1. The molecule has 8 heteroatoms. The maximum atomic E-state index is 11.6. The smallest absolute Gasteiger partial charge is 0.328 e. The van der Waals surface area contributed by atoms with Crippen LogP contribution in [0.1, 0.15) is 31.1 Å². The van der Waals surface area contributed by atoms with Gasteiger partial charge in [0.2, 0.25) is 5.89 Å². The van der Waals surface area contributed by atoms with Crippen molar-refractivity contribution in [1.29, 1.82) is 0 Å². The first kappa shape index (κ1) is 13.2. The van der Waals surface area contributed by atoms with Crippen molar-refractivity contribution in [3.05, 3.63) is 44.3 Å². The zero-order valence-electron chi connectivity index (χ0n) is 10.9. The number of rotatable bonds is 3. The van der Waals surface area contributed by atoms with Crippen molar-refractivity contribution in [2.45, 2.75) is 32.9 Å². The molecule has 8 nitrogen and oxygen atoms in total. The van der Waals surface area contributed by atoms with Crippen LogP contribution in [0.15, 0.2) is 20.3 Å². The van der Waals surface area contributed by atoms with E-state index in [4.69, 9.17) is 10.3 Å². The molecule has 0 unspecified atom stereocenters. The van der Waals surface area contributed by atoms with E-state index in [9.17, 15) is 9.59 Å². The average Bonchev–Trinajstić information content (AvgIpc) is 2.74. The molecule has 0 saturated heterocycles. The van der Waals surface area contributed by atoms with E-state index < -0.39 is 16.8 Å². The van der Waals surface area contributed by atoms with Crippen molar-refractivity contribution in [3.63, 3.8) is 0 Å². The Balaban J connectivity index is 2.32. The highest BCUT2D eigenvalue weighted by Gasteiger charge is 2.21. The minimum atomic E-state index is -0.715. The van der Waals surface area contributed by atoms with E-state index in [0.717, 1.165) is 0 Å². The Morgan fingerprint density at radius 1 is 1.47 bits per heavy atom. The van der Waals surface area contributed by atoms with Crippen LogP contribution in [0.4, 0.5) is 0 Å². The van der Waals surface area contributed by atoms with Gasteiger partial charge in [-0.25, -0.2) is 4.79 Å². The fourth-order valence-corrected chi connectivity index (χ4v) is 1.46. The molecule has 0 bridgehead atoms. The predicted molar refractivity (Wildman–Crippen MR) is 66.7 cm³/mol. The summed E-state index contributed by atoms with van der Waals surface area (Å²) >= 11 is 0. The summed E-state index contributed by atoms with van der Waals surface area (Å²) in [7, 11) is 0. The topological polar surface area (TPSA) is 120 Å². The quantitative estimate of drug-likeness (QED) is 0.769. The van der Waals surface area contributed by atoms with Gasteiger partial charge in [0.05, 0.1) is 5.54 Å². The summed E-state index contributed by atoms with van der Waals surface area (Å²) < 4.78 is 6.32. The van der Waals surface area contributed by atoms with Gasteiger partial charge in [0.1, 0.15) is 6.54 Å². The first-order valence-electron chi connectivity index (χ1n) is 5.69. The summed E-state index contributed by atoms with van der Waals surface area (Å²) in [6.07, 6.45) is 1.44. The summed E-state index contributed by atoms with van der Waals surface area (Å²) in [6.45, 7) is 5.19. The van der Waals surface area contributed by atoms with Crippen LogP contribution in [0.2, 0.25) is 0 Å². The van der Waals surface area contributed by atoms with Crippen LogP contribution in [0, 0.1) is 6.92 Å². The second kappa shape index (κ2) is 4.47. The normalized spacial score (nSPS) is 11.8. The summed E-state index contributed by atoms with van der Waals surface area (Å²) in [5.74, 6) is 0.610. The van der Waals surface area contributed by atoms with Crippen LogP contribution in [0.3, 0.4) is 0 Å². The third kappa shape index (κ3) is 2.79. The van der Waals surface area contributed by atoms with E-state index in [-0.39, 0.29) is 12.4 Å². The molecule has 0 aliphatic heterocycles. The van der Waals surface area contributed by atoms with Crippen LogP contribution in [-0.2, 0) is 12.1 Å². The molecule has 0 aliphatic carbocycles. The lowest BCUT2D eigenvalue weighted by Gasteiger charge is -2.11. The van der Waals surface area contributed by atoms with Crippen LogP contribution >= 0.6 is 0 Å². The number of aromatic amines is 1. The van der Waals surface area contributed by atoms with Gasteiger partial charge >= 0.3 is 5.69 Å². The SMILES string of the molecule is Cc1cn(Cc2nc(C(C)(C)N)no2)c(=O)[nH]c1=O. The maximum Gasteiger partial charge on any atom is 0.328 e. The standard InChI is InChI=1S/C11H15N5O3/c1-6-4-16(10(18)14-8(6)17)5-7-13-9(15-19-7)11(2,3)12/h4H,5,12H2,1-3H3,(H,14,17,18). The predicted octanol–water partition coefficient (Wildman–Crippen LogP) is -0.530. The van der Waals surface area contributed by atoms with Crippen molar-refractivity contribution in [3.8, 4) is 0 Å². The number of nitrogens with zero attached hydrogens (tertiary/aromatic N) is 3. The van der Waals surface area contributed by atoms with Gasteiger partial charge in [-0.2, -0.15) is 4.98 Å². The maximum absolute atomic E-state index is 11.6. The van der Waals surface area contributed by atoms with Gasteiger partial charge in [-0.3, -0.25) is 14.3 Å². The highest BCUT2D eigenvalue weighted by Crippen LogP contribution is 2.12. The summed E-state index contributed by atoms with van der Waals surface area (Å²) in [4.78, 5) is 29.2. The molecule has 0 fully saturated rings. The van der Waals surface area contributed by atoms with Crippen LogP contribution in [-0.4, -0.2) is 19.7 Å². The van der Waals surface area contributed by atoms with Crippen LogP contribution in [0.5, 0.6) is 0 Å². The second-order valence-corrected chi connectivity index (χ2v) is 4.93. The molecule has 0 atom stereocenters. The number of hydrogen-bond acceptors (Lipinski definition) is 6. The zero-order valence-corrected chi connectivity index (χ0v) is 10.9. The monoisotopic (exact) mass is 265 g/mol. The Bertz CT molecular complexity index is 704. The molecule has 0 aliphatic rings. The second-order valence-electron chi connectivity index (χ2n) is 4.93. The summed E-state index contributed by atoms with van der Waals surface area (Å²) in [5.41, 5.74) is 4.62. The van der Waals surface area contributed by atoms with E-state index >= 15 is 0 Å². The van der Waals surface area contributed by atoms with Crippen LogP contribution < -0.4 is 17.0 Å². The summed E-state index contributed by atoms with van der Waals surface area (Å²) in [5, 5.41) is 3.75. The molecular weight excluding hydrogens is 250 g/mol. The molecule has 0 aromatic carbocycles. The molecule has 2 aromatic heterocycles. The Hall–Kier alpha value is -2.22. The third-order valence-corrected chi connectivity index (χ3v) is 2.54. The highest BCUT2D eigenvalue weighted by molar-refractivity contribution is 5.03. The van der Waals surface area contributed by atoms with Gasteiger partial charge in [0.25, 0.3) is 5.56 Å². The van der Waals surface area contributed by atoms with Gasteiger partial charge in [-0.15, -0.1) is 0 Å².